The molecule has 4 aromatic rings. The predicted octanol–water partition coefficient (Wildman–Crippen LogP) is 4.78. The number of thioether (sulfide) groups is 1. The Labute approximate surface area is 316 Å². The quantitative estimate of drug-likeness (QED) is 0.115. The van der Waals surface area contributed by atoms with Crippen molar-refractivity contribution in [2.24, 2.45) is 0 Å². The van der Waals surface area contributed by atoms with Gasteiger partial charge in [0.2, 0.25) is 5.91 Å². The molecular weight excluding hydrogens is 737 g/mol. The zero-order chi connectivity index (χ0) is 37.6. The van der Waals surface area contributed by atoms with Crippen LogP contribution in [-0.4, -0.2) is 76.7 Å². The first-order chi connectivity index (χ1) is 26.2. The molecule has 3 atom stereocenters. The Morgan fingerprint density at radius 2 is 1.72 bits per heavy atom. The maximum Gasteiger partial charge on any atom is 0.355 e. The molecule has 54 heavy (non-hydrogen) atoms. The van der Waals surface area contributed by atoms with E-state index in [-0.39, 0.29) is 42.7 Å². The van der Waals surface area contributed by atoms with Crippen molar-refractivity contribution in [1.29, 1.82) is 0 Å². The number of ether oxygens (including phenoxy) is 5. The van der Waals surface area contributed by atoms with Gasteiger partial charge in [-0.15, -0.1) is 23.1 Å². The molecule has 2 N–H and O–H groups in total. The van der Waals surface area contributed by atoms with Crippen LogP contribution in [0.3, 0.4) is 0 Å². The van der Waals surface area contributed by atoms with Gasteiger partial charge in [0.1, 0.15) is 53.3 Å². The standard InChI is InChI=1S/C39H30N2O11S2/c1-2-13-48-38(47)34-21(20-54-36-33(35(45)41(34)36)40-31(42)17-24-6-5-14-53-24)18-49-22-9-11-27-29(15-22)51-30-16-23(50-19-32(43)44)10-12-28(30)39(27)26-8-4-3-7-25(26)37(46)52-39/h2-12,14-16,33,36H,1,13,17-20H2,(H,40,42)(H,43,44). The van der Waals surface area contributed by atoms with E-state index in [1.54, 1.807) is 48.5 Å². The van der Waals surface area contributed by atoms with Crippen molar-refractivity contribution < 1.29 is 52.8 Å². The summed E-state index contributed by atoms with van der Waals surface area (Å²) in [5, 5.41) is 13.3. The molecule has 4 aliphatic heterocycles. The van der Waals surface area contributed by atoms with Crippen molar-refractivity contribution in [3.63, 3.8) is 0 Å². The second-order valence-electron chi connectivity index (χ2n) is 12.6. The second-order valence-corrected chi connectivity index (χ2v) is 14.7. The van der Waals surface area contributed by atoms with E-state index in [4.69, 9.17) is 28.8 Å². The largest absolute Gasteiger partial charge is 0.489 e. The van der Waals surface area contributed by atoms with Crippen LogP contribution in [0.2, 0.25) is 0 Å². The van der Waals surface area contributed by atoms with Gasteiger partial charge in [-0.1, -0.05) is 36.9 Å². The first kappa shape index (κ1) is 35.0. The maximum absolute atomic E-state index is 13.4. The third-order valence-electron chi connectivity index (χ3n) is 9.24. The summed E-state index contributed by atoms with van der Waals surface area (Å²) in [5.74, 6) is -1.62. The molecule has 1 fully saturated rings. The molecule has 274 valence electrons. The smallest absolute Gasteiger partial charge is 0.355 e. The number of aliphatic carboxylic acids is 1. The molecule has 8 rings (SSSR count). The van der Waals surface area contributed by atoms with Crippen molar-refractivity contribution in [3.8, 4) is 23.0 Å². The van der Waals surface area contributed by atoms with E-state index < -0.39 is 47.4 Å². The third kappa shape index (κ3) is 6.04. The molecule has 1 saturated heterocycles. The van der Waals surface area contributed by atoms with Crippen LogP contribution in [-0.2, 0) is 40.7 Å². The van der Waals surface area contributed by atoms with Crippen molar-refractivity contribution >= 4 is 52.8 Å². The van der Waals surface area contributed by atoms with Crippen LogP contribution in [0.1, 0.15) is 31.9 Å². The Morgan fingerprint density at radius 3 is 2.43 bits per heavy atom. The number of carboxylic acids is 1. The molecule has 0 aliphatic carbocycles. The number of hydrogen-bond acceptors (Lipinski definition) is 12. The first-order valence-electron chi connectivity index (χ1n) is 16.7. The highest BCUT2D eigenvalue weighted by Crippen LogP contribution is 2.57. The first-order valence-corrected chi connectivity index (χ1v) is 18.6. The van der Waals surface area contributed by atoms with Gasteiger partial charge in [-0.3, -0.25) is 14.5 Å². The molecule has 0 bridgehead atoms. The van der Waals surface area contributed by atoms with Gasteiger partial charge < -0.3 is 34.1 Å². The number of carbonyl (C=O) groups excluding carboxylic acids is 4. The Hall–Kier alpha value is -6.06. The molecule has 3 unspecified atom stereocenters. The summed E-state index contributed by atoms with van der Waals surface area (Å²) < 4.78 is 29.5. The van der Waals surface area contributed by atoms with Crippen molar-refractivity contribution in [2.45, 2.75) is 23.4 Å². The molecule has 13 nitrogen and oxygen atoms in total. The lowest BCUT2D eigenvalue weighted by atomic mass is 9.77. The number of β-lactam (4-membered cyclic amide) rings is 1. The number of thiophene rings is 1. The van der Waals surface area contributed by atoms with E-state index in [2.05, 4.69) is 11.9 Å². The third-order valence-corrected chi connectivity index (χ3v) is 11.5. The van der Waals surface area contributed by atoms with E-state index in [1.165, 1.54) is 40.1 Å². The Morgan fingerprint density at radius 1 is 0.981 bits per heavy atom. The molecule has 0 saturated carbocycles. The molecule has 1 aromatic heterocycles. The van der Waals surface area contributed by atoms with Gasteiger partial charge in [0, 0.05) is 45.0 Å². The van der Waals surface area contributed by atoms with Crippen molar-refractivity contribution in [2.75, 3.05) is 25.6 Å². The summed E-state index contributed by atoms with van der Waals surface area (Å²) in [4.78, 5) is 66.2. The highest BCUT2D eigenvalue weighted by atomic mass is 32.2. The van der Waals surface area contributed by atoms with Crippen molar-refractivity contribution in [3.05, 3.63) is 129 Å². The average molecular weight is 767 g/mol. The summed E-state index contributed by atoms with van der Waals surface area (Å²) in [5.41, 5.74) is 1.22. The summed E-state index contributed by atoms with van der Waals surface area (Å²) in [6.07, 6.45) is 1.57. The maximum atomic E-state index is 13.4. The molecule has 4 aliphatic rings. The van der Waals surface area contributed by atoms with Crippen molar-refractivity contribution in [1.82, 2.24) is 10.2 Å². The normalized spacial score (nSPS) is 20.3. The number of fused-ring (bicyclic) bond motifs is 7. The minimum atomic E-state index is -1.38. The number of hydrogen-bond donors (Lipinski definition) is 2. The van der Waals surface area contributed by atoms with Gasteiger partial charge in [0.15, 0.2) is 12.2 Å². The molecule has 5 heterocycles. The highest BCUT2D eigenvalue weighted by molar-refractivity contribution is 8.00. The molecule has 2 amide bonds. The van der Waals surface area contributed by atoms with E-state index in [0.717, 1.165) is 4.88 Å². The fraction of sp³-hybridized carbons (Fsp3) is 0.205. The number of rotatable bonds is 12. The zero-order valence-electron chi connectivity index (χ0n) is 28.3. The van der Waals surface area contributed by atoms with Crippen LogP contribution in [0.25, 0.3) is 0 Å². The lowest BCUT2D eigenvalue weighted by Crippen LogP contribution is -2.70. The van der Waals surface area contributed by atoms with E-state index in [1.807, 2.05) is 23.6 Å². The van der Waals surface area contributed by atoms with Crippen LogP contribution >= 0.6 is 23.1 Å². The topological polar surface area (TPSA) is 167 Å². The number of carboxylic acid groups (broad SMARTS) is 1. The number of benzene rings is 3. The Bertz CT molecular complexity index is 2270. The number of amides is 2. The lowest BCUT2D eigenvalue weighted by molar-refractivity contribution is -0.152. The van der Waals surface area contributed by atoms with Gasteiger partial charge in [-0.05, 0) is 41.8 Å². The fourth-order valence-corrected chi connectivity index (χ4v) is 8.94. The Balaban J connectivity index is 1.08. The summed E-state index contributed by atoms with van der Waals surface area (Å²) in [6.45, 7) is 2.87. The summed E-state index contributed by atoms with van der Waals surface area (Å²) in [6, 6.07) is 19.8. The minimum Gasteiger partial charge on any atom is -0.489 e. The summed E-state index contributed by atoms with van der Waals surface area (Å²) in [7, 11) is 0. The monoisotopic (exact) mass is 766 g/mol. The van der Waals surface area contributed by atoms with E-state index in [0.29, 0.717) is 45.1 Å². The SMILES string of the molecule is C=CCOC(=O)C1=C(COc2ccc3c(c2)Oc2cc(OCC(=O)O)ccc2C32OC(=O)c3ccccc32)CSC2C(NC(=O)Cc3cccs3)C(=O)N12. The number of nitrogens with zero attached hydrogens (tertiary/aromatic N) is 1. The molecule has 1 spiro atoms. The Kier molecular flexibility index (Phi) is 9.11. The van der Waals surface area contributed by atoms with Gasteiger partial charge in [-0.25, -0.2) is 14.4 Å². The molecule has 0 radical (unpaired) electrons. The van der Waals surface area contributed by atoms with Crippen LogP contribution in [0.15, 0.2) is 102 Å². The van der Waals surface area contributed by atoms with Crippen LogP contribution in [0, 0.1) is 0 Å². The highest BCUT2D eigenvalue weighted by Gasteiger charge is 2.55. The number of esters is 2. The van der Waals surface area contributed by atoms with Crippen LogP contribution in [0.4, 0.5) is 0 Å². The molecule has 3 aromatic carbocycles. The predicted molar refractivity (Wildman–Crippen MR) is 195 cm³/mol. The summed E-state index contributed by atoms with van der Waals surface area (Å²) >= 11 is 2.85. The van der Waals surface area contributed by atoms with E-state index in [9.17, 15) is 24.0 Å². The number of carbonyl (C=O) groups is 5. The van der Waals surface area contributed by atoms with Gasteiger partial charge in [-0.2, -0.15) is 0 Å². The van der Waals surface area contributed by atoms with Gasteiger partial charge in [0.25, 0.3) is 5.91 Å². The van der Waals surface area contributed by atoms with Crippen LogP contribution in [0.5, 0.6) is 23.0 Å². The second kappa shape index (κ2) is 14.1. The number of nitrogens with one attached hydrogen (secondary N) is 1. The lowest BCUT2D eigenvalue weighted by Gasteiger charge is -2.49. The zero-order valence-corrected chi connectivity index (χ0v) is 29.9. The minimum absolute atomic E-state index is 0.0554. The van der Waals surface area contributed by atoms with Crippen LogP contribution < -0.4 is 19.5 Å². The fourth-order valence-electron chi connectivity index (χ4n) is 6.91. The van der Waals surface area contributed by atoms with Gasteiger partial charge in [0.05, 0.1) is 12.0 Å². The molecular formula is C39H30N2O11S2. The molecule has 15 heteroatoms. The average Bonchev–Trinajstić information content (AvgIpc) is 3.79. The van der Waals surface area contributed by atoms with Gasteiger partial charge >= 0.3 is 17.9 Å². The van der Waals surface area contributed by atoms with E-state index >= 15 is 0 Å².